The monoisotopic (exact) mass is 343 g/mol. The van der Waals surface area contributed by atoms with Gasteiger partial charge in [0.1, 0.15) is 0 Å². The molecule has 1 amide bonds. The second kappa shape index (κ2) is 6.02. The summed E-state index contributed by atoms with van der Waals surface area (Å²) in [7, 11) is 0. The standard InChI is InChI=1S/C19H18ClNO3/c1-11(12-6-7-17-18(8-12)24-10-23-17)21-19(22)15-9-14(15)13-4-2-3-5-16(13)20/h2-8,11,14-15H,9-10H2,1H3,(H,21,22). The van der Waals surface area contributed by atoms with E-state index in [1.165, 1.54) is 0 Å². The molecule has 1 saturated carbocycles. The maximum absolute atomic E-state index is 12.5. The van der Waals surface area contributed by atoms with Gasteiger partial charge in [-0.1, -0.05) is 35.9 Å². The average molecular weight is 344 g/mol. The minimum absolute atomic E-state index is 0.00126. The molecule has 0 spiro atoms. The normalized spacial score (nSPS) is 22.1. The highest BCUT2D eigenvalue weighted by Gasteiger charge is 2.45. The third-order valence-corrected chi connectivity index (χ3v) is 5.03. The van der Waals surface area contributed by atoms with Gasteiger partial charge in [0.15, 0.2) is 11.5 Å². The van der Waals surface area contributed by atoms with Gasteiger partial charge in [-0.3, -0.25) is 4.79 Å². The van der Waals surface area contributed by atoms with Crippen LogP contribution in [-0.4, -0.2) is 12.7 Å². The van der Waals surface area contributed by atoms with Crippen LogP contribution < -0.4 is 14.8 Å². The molecule has 1 aliphatic carbocycles. The summed E-state index contributed by atoms with van der Waals surface area (Å²) in [5.41, 5.74) is 2.07. The van der Waals surface area contributed by atoms with Crippen LogP contribution in [0.1, 0.15) is 36.4 Å². The number of ether oxygens (including phenoxy) is 2. The Balaban J connectivity index is 1.41. The molecule has 2 aromatic rings. The summed E-state index contributed by atoms with van der Waals surface area (Å²) >= 11 is 6.23. The first kappa shape index (κ1) is 15.3. The molecule has 5 heteroatoms. The molecule has 4 nitrogen and oxygen atoms in total. The summed E-state index contributed by atoms with van der Waals surface area (Å²) in [6.07, 6.45) is 0.851. The van der Waals surface area contributed by atoms with Gasteiger partial charge in [0.2, 0.25) is 12.7 Å². The maximum atomic E-state index is 12.5. The van der Waals surface area contributed by atoms with Crippen LogP contribution in [-0.2, 0) is 4.79 Å². The van der Waals surface area contributed by atoms with Crippen molar-refractivity contribution in [3.05, 3.63) is 58.6 Å². The summed E-state index contributed by atoms with van der Waals surface area (Å²) in [4.78, 5) is 12.5. The van der Waals surface area contributed by atoms with Crippen LogP contribution in [0.4, 0.5) is 0 Å². The van der Waals surface area contributed by atoms with Crippen LogP contribution in [0.25, 0.3) is 0 Å². The van der Waals surface area contributed by atoms with Crippen LogP contribution >= 0.6 is 11.6 Å². The van der Waals surface area contributed by atoms with Crippen molar-refractivity contribution in [1.82, 2.24) is 5.32 Å². The third kappa shape index (κ3) is 2.82. The minimum atomic E-state index is -0.0838. The highest BCUT2D eigenvalue weighted by molar-refractivity contribution is 6.31. The van der Waals surface area contributed by atoms with Crippen molar-refractivity contribution in [2.75, 3.05) is 6.79 Å². The van der Waals surface area contributed by atoms with Crippen molar-refractivity contribution in [2.24, 2.45) is 5.92 Å². The number of benzene rings is 2. The van der Waals surface area contributed by atoms with Gasteiger partial charge in [-0.05, 0) is 48.6 Å². The lowest BCUT2D eigenvalue weighted by molar-refractivity contribution is -0.123. The summed E-state index contributed by atoms with van der Waals surface area (Å²) < 4.78 is 10.7. The number of rotatable bonds is 4. The summed E-state index contributed by atoms with van der Waals surface area (Å²) in [6.45, 7) is 2.23. The van der Waals surface area contributed by atoms with E-state index in [-0.39, 0.29) is 30.6 Å². The van der Waals surface area contributed by atoms with Gasteiger partial charge >= 0.3 is 0 Å². The van der Waals surface area contributed by atoms with E-state index in [4.69, 9.17) is 21.1 Å². The predicted molar refractivity (Wildman–Crippen MR) is 91.4 cm³/mol. The van der Waals surface area contributed by atoms with Crippen molar-refractivity contribution < 1.29 is 14.3 Å². The van der Waals surface area contributed by atoms with E-state index in [1.54, 1.807) is 0 Å². The molecule has 3 atom stereocenters. The molecule has 24 heavy (non-hydrogen) atoms. The van der Waals surface area contributed by atoms with Crippen molar-refractivity contribution in [3.8, 4) is 11.5 Å². The Morgan fingerprint density at radius 3 is 2.83 bits per heavy atom. The predicted octanol–water partition coefficient (Wildman–Crippen LogP) is 4.05. The Morgan fingerprint density at radius 2 is 2.00 bits per heavy atom. The number of fused-ring (bicyclic) bond motifs is 1. The number of nitrogens with one attached hydrogen (secondary N) is 1. The first-order chi connectivity index (χ1) is 11.6. The fourth-order valence-corrected chi connectivity index (χ4v) is 3.47. The Hall–Kier alpha value is -2.20. The SMILES string of the molecule is CC(NC(=O)C1CC1c1ccccc1Cl)c1ccc2c(c1)OCO2. The van der Waals surface area contributed by atoms with E-state index in [9.17, 15) is 4.79 Å². The second-order valence-corrected chi connectivity index (χ2v) is 6.72. The highest BCUT2D eigenvalue weighted by Crippen LogP contribution is 2.49. The molecule has 2 aliphatic rings. The molecule has 2 aromatic carbocycles. The fraction of sp³-hybridized carbons (Fsp3) is 0.316. The Kier molecular flexibility index (Phi) is 3.85. The molecular formula is C19H18ClNO3. The number of hydrogen-bond donors (Lipinski definition) is 1. The number of halogens is 1. The molecule has 4 rings (SSSR count). The van der Waals surface area contributed by atoms with Crippen LogP contribution in [0, 0.1) is 5.92 Å². The maximum Gasteiger partial charge on any atom is 0.231 e. The van der Waals surface area contributed by atoms with Crippen LogP contribution in [0.5, 0.6) is 11.5 Å². The lowest BCUT2D eigenvalue weighted by Crippen LogP contribution is -2.28. The van der Waals surface area contributed by atoms with E-state index in [1.807, 2.05) is 49.4 Å². The zero-order chi connectivity index (χ0) is 16.7. The molecule has 0 aromatic heterocycles. The molecule has 1 N–H and O–H groups in total. The first-order valence-corrected chi connectivity index (χ1v) is 8.45. The quantitative estimate of drug-likeness (QED) is 0.911. The van der Waals surface area contributed by atoms with Crippen molar-refractivity contribution in [3.63, 3.8) is 0 Å². The van der Waals surface area contributed by atoms with Gasteiger partial charge < -0.3 is 14.8 Å². The molecule has 1 fully saturated rings. The third-order valence-electron chi connectivity index (χ3n) is 4.69. The van der Waals surface area contributed by atoms with Crippen molar-refractivity contribution in [1.29, 1.82) is 0 Å². The largest absolute Gasteiger partial charge is 0.454 e. The molecule has 0 saturated heterocycles. The average Bonchev–Trinajstić information content (AvgIpc) is 3.24. The number of amides is 1. The van der Waals surface area contributed by atoms with Crippen LogP contribution in [0.3, 0.4) is 0 Å². The zero-order valence-electron chi connectivity index (χ0n) is 13.3. The first-order valence-electron chi connectivity index (χ1n) is 8.08. The Labute approximate surface area is 145 Å². The van der Waals surface area contributed by atoms with E-state index >= 15 is 0 Å². The molecular weight excluding hydrogens is 326 g/mol. The summed E-state index contributed by atoms with van der Waals surface area (Å²) in [6, 6.07) is 13.4. The fourth-order valence-electron chi connectivity index (χ4n) is 3.19. The van der Waals surface area contributed by atoms with Gasteiger partial charge in [-0.25, -0.2) is 0 Å². The van der Waals surface area contributed by atoms with Gasteiger partial charge in [0.05, 0.1) is 6.04 Å². The summed E-state index contributed by atoms with van der Waals surface area (Å²) in [5.74, 6) is 1.78. The second-order valence-electron chi connectivity index (χ2n) is 6.31. The van der Waals surface area contributed by atoms with Crippen LogP contribution in [0.2, 0.25) is 5.02 Å². The lowest BCUT2D eigenvalue weighted by Gasteiger charge is -2.15. The van der Waals surface area contributed by atoms with Crippen molar-refractivity contribution >= 4 is 17.5 Å². The molecule has 1 aliphatic heterocycles. The van der Waals surface area contributed by atoms with E-state index in [0.717, 1.165) is 34.1 Å². The summed E-state index contributed by atoms with van der Waals surface area (Å²) in [5, 5.41) is 3.83. The molecule has 0 radical (unpaired) electrons. The number of carbonyl (C=O) groups is 1. The van der Waals surface area contributed by atoms with Crippen LogP contribution in [0.15, 0.2) is 42.5 Å². The Bertz CT molecular complexity index is 792. The van der Waals surface area contributed by atoms with E-state index in [2.05, 4.69) is 5.32 Å². The number of hydrogen-bond acceptors (Lipinski definition) is 3. The lowest BCUT2D eigenvalue weighted by atomic mass is 10.1. The highest BCUT2D eigenvalue weighted by atomic mass is 35.5. The number of carbonyl (C=O) groups excluding carboxylic acids is 1. The minimum Gasteiger partial charge on any atom is -0.454 e. The Morgan fingerprint density at radius 1 is 1.21 bits per heavy atom. The zero-order valence-corrected chi connectivity index (χ0v) is 14.0. The van der Waals surface area contributed by atoms with Crippen molar-refractivity contribution in [2.45, 2.75) is 25.3 Å². The van der Waals surface area contributed by atoms with E-state index < -0.39 is 0 Å². The van der Waals surface area contributed by atoms with E-state index in [0.29, 0.717) is 0 Å². The topological polar surface area (TPSA) is 47.6 Å². The van der Waals surface area contributed by atoms with Gasteiger partial charge in [-0.2, -0.15) is 0 Å². The molecule has 0 bridgehead atoms. The molecule has 124 valence electrons. The smallest absolute Gasteiger partial charge is 0.231 e. The van der Waals surface area contributed by atoms with Gasteiger partial charge in [-0.15, -0.1) is 0 Å². The van der Waals surface area contributed by atoms with Gasteiger partial charge in [0, 0.05) is 10.9 Å². The molecule has 1 heterocycles. The molecule has 3 unspecified atom stereocenters. The van der Waals surface area contributed by atoms with Gasteiger partial charge in [0.25, 0.3) is 0 Å².